The molecular weight excluding hydrogens is 395 g/mol. The fraction of sp³-hybridized carbons (Fsp3) is 0.286. The number of amides is 2. The molecule has 0 fully saturated rings. The van der Waals surface area contributed by atoms with E-state index in [4.69, 9.17) is 14.2 Å². The van der Waals surface area contributed by atoms with Crippen LogP contribution in [0.25, 0.3) is 0 Å². The standard InChI is InChI=1S/C21H23FN2O6/c1-13(14-4-7-16(22)8-5-14)24-19(25)12-30-20(26)11-23-21(27)15-6-9-17(28-2)18(10-15)29-3/h4-10,13H,11-12H2,1-3H3,(H,23,27)(H,24,25). The van der Waals surface area contributed by atoms with Crippen molar-refractivity contribution in [2.24, 2.45) is 0 Å². The minimum atomic E-state index is -0.770. The van der Waals surface area contributed by atoms with Crippen LogP contribution in [0, 0.1) is 5.82 Å². The van der Waals surface area contributed by atoms with Gasteiger partial charge in [0.2, 0.25) is 0 Å². The zero-order valence-electron chi connectivity index (χ0n) is 16.9. The molecule has 0 spiro atoms. The van der Waals surface area contributed by atoms with E-state index in [1.165, 1.54) is 38.5 Å². The minimum absolute atomic E-state index is 0.270. The predicted octanol–water partition coefficient (Wildman–Crippen LogP) is 1.99. The second-order valence-corrected chi connectivity index (χ2v) is 6.25. The van der Waals surface area contributed by atoms with E-state index in [0.717, 1.165) is 0 Å². The number of hydrogen-bond acceptors (Lipinski definition) is 6. The van der Waals surface area contributed by atoms with Gasteiger partial charge >= 0.3 is 5.97 Å². The van der Waals surface area contributed by atoms with Crippen LogP contribution in [-0.2, 0) is 14.3 Å². The molecule has 1 unspecified atom stereocenters. The molecule has 0 aliphatic rings. The summed E-state index contributed by atoms with van der Waals surface area (Å²) in [5, 5.41) is 5.04. The molecule has 0 heterocycles. The SMILES string of the molecule is COc1ccc(C(=O)NCC(=O)OCC(=O)NC(C)c2ccc(F)cc2)cc1OC. The number of rotatable bonds is 9. The van der Waals surface area contributed by atoms with Crippen molar-refractivity contribution in [2.75, 3.05) is 27.4 Å². The van der Waals surface area contributed by atoms with E-state index in [2.05, 4.69) is 10.6 Å². The number of halogens is 1. The smallest absolute Gasteiger partial charge is 0.325 e. The zero-order valence-corrected chi connectivity index (χ0v) is 16.9. The van der Waals surface area contributed by atoms with E-state index in [9.17, 15) is 18.8 Å². The van der Waals surface area contributed by atoms with Crippen molar-refractivity contribution in [3.05, 3.63) is 59.4 Å². The Hall–Kier alpha value is -3.62. The minimum Gasteiger partial charge on any atom is -0.493 e. The first-order valence-corrected chi connectivity index (χ1v) is 9.04. The molecule has 2 aromatic rings. The maximum absolute atomic E-state index is 12.9. The van der Waals surface area contributed by atoms with Crippen LogP contribution in [0.3, 0.4) is 0 Å². The molecular formula is C21H23FN2O6. The van der Waals surface area contributed by atoms with E-state index in [0.29, 0.717) is 17.1 Å². The third-order valence-electron chi connectivity index (χ3n) is 4.15. The summed E-state index contributed by atoms with van der Waals surface area (Å²) in [6, 6.07) is 9.86. The van der Waals surface area contributed by atoms with Crippen LogP contribution < -0.4 is 20.1 Å². The molecule has 30 heavy (non-hydrogen) atoms. The van der Waals surface area contributed by atoms with Crippen molar-refractivity contribution in [1.29, 1.82) is 0 Å². The molecule has 0 radical (unpaired) electrons. The number of esters is 1. The van der Waals surface area contributed by atoms with Crippen LogP contribution in [0.15, 0.2) is 42.5 Å². The Kier molecular flexibility index (Phi) is 8.16. The highest BCUT2D eigenvalue weighted by atomic mass is 19.1. The van der Waals surface area contributed by atoms with Crippen molar-refractivity contribution >= 4 is 17.8 Å². The lowest BCUT2D eigenvalue weighted by molar-refractivity contribution is -0.147. The third-order valence-corrected chi connectivity index (χ3v) is 4.15. The highest BCUT2D eigenvalue weighted by molar-refractivity contribution is 5.96. The Morgan fingerprint density at radius 2 is 1.67 bits per heavy atom. The van der Waals surface area contributed by atoms with Crippen molar-refractivity contribution in [1.82, 2.24) is 10.6 Å². The highest BCUT2D eigenvalue weighted by Crippen LogP contribution is 2.27. The maximum atomic E-state index is 12.9. The summed E-state index contributed by atoms with van der Waals surface area (Å²) < 4.78 is 28.0. The number of carbonyl (C=O) groups is 3. The van der Waals surface area contributed by atoms with Crippen LogP contribution in [-0.4, -0.2) is 45.2 Å². The predicted molar refractivity (Wildman–Crippen MR) is 106 cm³/mol. The number of methoxy groups -OCH3 is 2. The van der Waals surface area contributed by atoms with E-state index >= 15 is 0 Å². The van der Waals surface area contributed by atoms with Crippen LogP contribution in [0.4, 0.5) is 4.39 Å². The van der Waals surface area contributed by atoms with Gasteiger partial charge in [-0.1, -0.05) is 12.1 Å². The van der Waals surface area contributed by atoms with E-state index in [1.807, 2.05) is 0 Å². The second kappa shape index (κ2) is 10.8. The Morgan fingerprint density at radius 3 is 2.30 bits per heavy atom. The molecule has 0 bridgehead atoms. The number of benzene rings is 2. The lowest BCUT2D eigenvalue weighted by atomic mass is 10.1. The van der Waals surface area contributed by atoms with Gasteiger partial charge in [0.05, 0.1) is 20.3 Å². The van der Waals surface area contributed by atoms with Gasteiger partial charge in [-0.3, -0.25) is 14.4 Å². The molecule has 2 amide bonds. The van der Waals surface area contributed by atoms with Crippen LogP contribution in [0.1, 0.15) is 28.9 Å². The number of hydrogen-bond donors (Lipinski definition) is 2. The molecule has 0 saturated carbocycles. The van der Waals surface area contributed by atoms with Gasteiger partial charge in [-0.2, -0.15) is 0 Å². The lowest BCUT2D eigenvalue weighted by Gasteiger charge is -2.14. The molecule has 0 aliphatic heterocycles. The molecule has 9 heteroatoms. The van der Waals surface area contributed by atoms with Gasteiger partial charge in [0.1, 0.15) is 12.4 Å². The maximum Gasteiger partial charge on any atom is 0.325 e. The van der Waals surface area contributed by atoms with Crippen LogP contribution in [0.5, 0.6) is 11.5 Å². The molecule has 1 atom stereocenters. The Morgan fingerprint density at radius 1 is 1.00 bits per heavy atom. The summed E-state index contributed by atoms with van der Waals surface area (Å²) in [5.74, 6) is -1.34. The Balaban J connectivity index is 1.77. The number of nitrogens with one attached hydrogen (secondary N) is 2. The average molecular weight is 418 g/mol. The van der Waals surface area contributed by atoms with Gasteiger partial charge in [0, 0.05) is 5.56 Å². The quantitative estimate of drug-likeness (QED) is 0.604. The van der Waals surface area contributed by atoms with Gasteiger partial charge in [-0.05, 0) is 42.8 Å². The molecule has 0 saturated heterocycles. The van der Waals surface area contributed by atoms with Crippen molar-refractivity contribution in [3.63, 3.8) is 0 Å². The third kappa shape index (κ3) is 6.47. The normalized spacial score (nSPS) is 11.2. The molecule has 0 aliphatic carbocycles. The second-order valence-electron chi connectivity index (χ2n) is 6.25. The molecule has 2 rings (SSSR count). The zero-order chi connectivity index (χ0) is 22.1. The van der Waals surface area contributed by atoms with E-state index in [-0.39, 0.29) is 17.4 Å². The summed E-state index contributed by atoms with van der Waals surface area (Å²) in [7, 11) is 2.92. The molecule has 2 N–H and O–H groups in total. The van der Waals surface area contributed by atoms with Crippen molar-refractivity contribution < 1.29 is 33.0 Å². The molecule has 8 nitrogen and oxygen atoms in total. The fourth-order valence-electron chi connectivity index (χ4n) is 2.55. The highest BCUT2D eigenvalue weighted by Gasteiger charge is 2.14. The Bertz CT molecular complexity index is 901. The van der Waals surface area contributed by atoms with Gasteiger partial charge in [-0.25, -0.2) is 4.39 Å². The number of carbonyl (C=O) groups excluding carboxylic acids is 3. The van der Waals surface area contributed by atoms with E-state index < -0.39 is 30.9 Å². The van der Waals surface area contributed by atoms with Crippen molar-refractivity contribution in [3.8, 4) is 11.5 Å². The monoisotopic (exact) mass is 418 g/mol. The molecule has 160 valence electrons. The first-order chi connectivity index (χ1) is 14.3. The summed E-state index contributed by atoms with van der Waals surface area (Å²) >= 11 is 0. The van der Waals surface area contributed by atoms with E-state index in [1.54, 1.807) is 25.1 Å². The van der Waals surface area contributed by atoms with Gasteiger partial charge in [0.15, 0.2) is 18.1 Å². The Labute approximate surface area is 173 Å². The average Bonchev–Trinajstić information content (AvgIpc) is 2.75. The lowest BCUT2D eigenvalue weighted by Crippen LogP contribution is -2.34. The fourth-order valence-corrected chi connectivity index (χ4v) is 2.55. The summed E-state index contributed by atoms with van der Waals surface area (Å²) in [5.41, 5.74) is 0.976. The van der Waals surface area contributed by atoms with Gasteiger partial charge < -0.3 is 24.8 Å². The summed E-state index contributed by atoms with van der Waals surface area (Å²) in [6.45, 7) is 0.806. The molecule has 0 aromatic heterocycles. The number of ether oxygens (including phenoxy) is 3. The van der Waals surface area contributed by atoms with Crippen LogP contribution in [0.2, 0.25) is 0 Å². The van der Waals surface area contributed by atoms with Crippen molar-refractivity contribution in [2.45, 2.75) is 13.0 Å². The topological polar surface area (TPSA) is 103 Å². The summed E-state index contributed by atoms with van der Waals surface area (Å²) in [6.07, 6.45) is 0. The summed E-state index contributed by atoms with van der Waals surface area (Å²) in [4.78, 5) is 35.9. The van der Waals surface area contributed by atoms with Gasteiger partial charge in [-0.15, -0.1) is 0 Å². The molecule has 2 aromatic carbocycles. The first kappa shape index (κ1) is 22.7. The van der Waals surface area contributed by atoms with Gasteiger partial charge in [0.25, 0.3) is 11.8 Å². The van der Waals surface area contributed by atoms with Crippen LogP contribution >= 0.6 is 0 Å². The first-order valence-electron chi connectivity index (χ1n) is 9.04. The largest absolute Gasteiger partial charge is 0.493 e.